The zero-order valence-corrected chi connectivity index (χ0v) is 6.73. The summed E-state index contributed by atoms with van der Waals surface area (Å²) in [6.07, 6.45) is 4.65. The highest BCUT2D eigenvalue weighted by molar-refractivity contribution is 5.71. The molecule has 0 saturated heterocycles. The van der Waals surface area contributed by atoms with E-state index in [0.29, 0.717) is 0 Å². The first-order chi connectivity index (χ1) is 5.25. The summed E-state index contributed by atoms with van der Waals surface area (Å²) in [4.78, 5) is 5.82. The predicted molar refractivity (Wildman–Crippen MR) is 44.0 cm³/mol. The summed E-state index contributed by atoms with van der Waals surface area (Å²) >= 11 is 0. The van der Waals surface area contributed by atoms with Gasteiger partial charge in [-0.1, -0.05) is 0 Å². The molecule has 0 fully saturated rings. The number of aliphatic hydroxyl groups excluding tert-OH is 1. The molecule has 1 aliphatic heterocycles. The molecule has 0 radical (unpaired) electrons. The molecule has 0 aliphatic carbocycles. The minimum Gasteiger partial charge on any atom is -0.374 e. The van der Waals surface area contributed by atoms with Gasteiger partial charge in [0.15, 0.2) is 6.29 Å². The molecule has 0 saturated carbocycles. The Hall–Kier alpha value is -0.870. The van der Waals surface area contributed by atoms with Crippen LogP contribution >= 0.6 is 0 Å². The van der Waals surface area contributed by atoms with Crippen LogP contribution in [0.15, 0.2) is 17.3 Å². The summed E-state index contributed by atoms with van der Waals surface area (Å²) in [6, 6.07) is 0. The zero-order valence-electron chi connectivity index (χ0n) is 6.73. The van der Waals surface area contributed by atoms with Gasteiger partial charge in [0.25, 0.3) is 0 Å². The number of nitrogens with zero attached hydrogens (tertiary/aromatic N) is 2. The van der Waals surface area contributed by atoms with Crippen LogP contribution in [0.2, 0.25) is 0 Å². The summed E-state index contributed by atoms with van der Waals surface area (Å²) < 4.78 is 0. The number of allylic oxidation sites excluding steroid dienone is 1. The lowest BCUT2D eigenvalue weighted by Gasteiger charge is -2.31. The molecule has 1 aliphatic rings. The fourth-order valence-corrected chi connectivity index (χ4v) is 0.980. The molecule has 2 N–H and O–H groups in total. The second-order valence-corrected chi connectivity index (χ2v) is 2.38. The molecule has 1 heterocycles. The lowest BCUT2D eigenvalue weighted by molar-refractivity contribution is 0.0194. The average Bonchev–Trinajstić information content (AvgIpc) is 2.04. The van der Waals surface area contributed by atoms with Crippen LogP contribution in [0.25, 0.3) is 0 Å². The van der Waals surface area contributed by atoms with Gasteiger partial charge in [0.2, 0.25) is 0 Å². The summed E-state index contributed by atoms with van der Waals surface area (Å²) in [5.74, 6) is 0. The lowest BCUT2D eigenvalue weighted by Crippen LogP contribution is -2.45. The van der Waals surface area contributed by atoms with Crippen LogP contribution in [0, 0.1) is 0 Å². The van der Waals surface area contributed by atoms with Gasteiger partial charge in [-0.3, -0.25) is 10.3 Å². The maximum atomic E-state index is 9.24. The van der Waals surface area contributed by atoms with Crippen LogP contribution in [0.5, 0.6) is 0 Å². The predicted octanol–water partition coefficient (Wildman–Crippen LogP) is -0.272. The molecule has 0 aromatic rings. The quantitative estimate of drug-likeness (QED) is 0.577. The molecule has 0 aromatic carbocycles. The first-order valence-electron chi connectivity index (χ1n) is 3.58. The van der Waals surface area contributed by atoms with Crippen molar-refractivity contribution in [2.45, 2.75) is 19.4 Å². The van der Waals surface area contributed by atoms with Gasteiger partial charge in [-0.05, 0) is 20.0 Å². The van der Waals surface area contributed by atoms with Crippen molar-refractivity contribution in [3.63, 3.8) is 0 Å². The Morgan fingerprint density at radius 3 is 2.91 bits per heavy atom. The summed E-state index contributed by atoms with van der Waals surface area (Å²) in [6.45, 7) is 1.70. The van der Waals surface area contributed by atoms with E-state index in [1.165, 1.54) is 0 Å². The molecule has 4 heteroatoms. The molecule has 2 atom stereocenters. The zero-order chi connectivity index (χ0) is 8.27. The van der Waals surface area contributed by atoms with Gasteiger partial charge >= 0.3 is 0 Å². The van der Waals surface area contributed by atoms with E-state index in [0.717, 1.165) is 0 Å². The molecule has 1 rings (SSSR count). The lowest BCUT2D eigenvalue weighted by atomic mass is 10.4. The van der Waals surface area contributed by atoms with E-state index in [1.807, 2.05) is 0 Å². The third-order valence-corrected chi connectivity index (χ3v) is 1.54. The second kappa shape index (κ2) is 3.50. The van der Waals surface area contributed by atoms with E-state index in [4.69, 9.17) is 0 Å². The topological polar surface area (TPSA) is 47.9 Å². The van der Waals surface area contributed by atoms with Crippen LogP contribution in [-0.4, -0.2) is 35.8 Å². The summed E-state index contributed by atoms with van der Waals surface area (Å²) in [5, 5.41) is 12.2. The summed E-state index contributed by atoms with van der Waals surface area (Å²) in [7, 11) is 1.80. The first-order valence-corrected chi connectivity index (χ1v) is 3.58. The van der Waals surface area contributed by atoms with Crippen molar-refractivity contribution in [1.29, 1.82) is 0 Å². The van der Waals surface area contributed by atoms with E-state index in [1.54, 1.807) is 37.4 Å². The number of aliphatic hydroxyl groups is 1. The maximum absolute atomic E-state index is 9.24. The van der Waals surface area contributed by atoms with Crippen molar-refractivity contribution in [3.8, 4) is 0 Å². The normalized spacial score (nSPS) is 25.7. The van der Waals surface area contributed by atoms with E-state index in [2.05, 4.69) is 10.3 Å². The van der Waals surface area contributed by atoms with Crippen LogP contribution in [0.3, 0.4) is 0 Å². The number of hydrogen-bond donors (Lipinski definition) is 2. The molecular formula is C7H13N3O. The number of nitrogens with one attached hydrogen (secondary N) is 1. The number of aliphatic imine (C=N–C) groups is 1. The molecule has 0 bridgehead atoms. The van der Waals surface area contributed by atoms with E-state index >= 15 is 0 Å². The monoisotopic (exact) mass is 155 g/mol. The van der Waals surface area contributed by atoms with Crippen LogP contribution in [0.1, 0.15) is 6.92 Å². The Kier molecular flexibility index (Phi) is 2.62. The minimum atomic E-state index is -0.513. The van der Waals surface area contributed by atoms with Crippen molar-refractivity contribution < 1.29 is 5.11 Å². The van der Waals surface area contributed by atoms with Gasteiger partial charge in [0, 0.05) is 12.4 Å². The van der Waals surface area contributed by atoms with Gasteiger partial charge in [-0.2, -0.15) is 0 Å². The molecule has 2 unspecified atom stereocenters. The molecule has 11 heavy (non-hydrogen) atoms. The molecule has 0 aromatic heterocycles. The highest BCUT2D eigenvalue weighted by atomic mass is 16.3. The largest absolute Gasteiger partial charge is 0.374 e. The summed E-state index contributed by atoms with van der Waals surface area (Å²) in [5.41, 5.74) is 0. The Balaban J connectivity index is 2.63. The Labute approximate surface area is 66.2 Å². The van der Waals surface area contributed by atoms with Gasteiger partial charge in [0.1, 0.15) is 6.23 Å². The van der Waals surface area contributed by atoms with Crippen molar-refractivity contribution in [1.82, 2.24) is 10.2 Å². The van der Waals surface area contributed by atoms with E-state index in [9.17, 15) is 5.11 Å². The Morgan fingerprint density at radius 2 is 2.45 bits per heavy atom. The fourth-order valence-electron chi connectivity index (χ4n) is 0.980. The van der Waals surface area contributed by atoms with Gasteiger partial charge in [-0.25, -0.2) is 0 Å². The third kappa shape index (κ3) is 1.78. The molecule has 0 amide bonds. The second-order valence-electron chi connectivity index (χ2n) is 2.38. The van der Waals surface area contributed by atoms with E-state index < -0.39 is 6.23 Å². The van der Waals surface area contributed by atoms with Crippen molar-refractivity contribution in [2.75, 3.05) is 7.05 Å². The molecular weight excluding hydrogens is 142 g/mol. The van der Waals surface area contributed by atoms with Crippen LogP contribution in [-0.2, 0) is 0 Å². The number of rotatable bonds is 2. The van der Waals surface area contributed by atoms with Crippen LogP contribution < -0.4 is 5.32 Å². The van der Waals surface area contributed by atoms with E-state index in [-0.39, 0.29) is 6.29 Å². The van der Waals surface area contributed by atoms with Gasteiger partial charge in [0.05, 0.1) is 0 Å². The molecule has 62 valence electrons. The fraction of sp³-hybridized carbons (Fsp3) is 0.571. The van der Waals surface area contributed by atoms with Crippen molar-refractivity contribution >= 4 is 6.21 Å². The van der Waals surface area contributed by atoms with Crippen molar-refractivity contribution in [3.05, 3.63) is 12.3 Å². The number of hydrogen-bond acceptors (Lipinski definition) is 4. The smallest absolute Gasteiger partial charge is 0.177 e. The molecule has 0 spiro atoms. The Morgan fingerprint density at radius 1 is 1.73 bits per heavy atom. The maximum Gasteiger partial charge on any atom is 0.177 e. The minimum absolute atomic E-state index is 0.139. The SMILES string of the molecule is CNC1N=CC=CN1C(C)O. The average molecular weight is 155 g/mol. The Bertz CT molecular complexity index is 177. The van der Waals surface area contributed by atoms with Crippen LogP contribution in [0.4, 0.5) is 0 Å². The first kappa shape index (κ1) is 8.23. The third-order valence-electron chi connectivity index (χ3n) is 1.54. The van der Waals surface area contributed by atoms with Crippen molar-refractivity contribution in [2.24, 2.45) is 4.99 Å². The standard InChI is InChI=1S/C7H13N3O/c1-6(11)10-5-3-4-9-7(10)8-2/h3-8,11H,1-2H3. The van der Waals surface area contributed by atoms with Gasteiger partial charge < -0.3 is 10.0 Å². The molecule has 4 nitrogen and oxygen atoms in total. The highest BCUT2D eigenvalue weighted by Gasteiger charge is 2.16. The highest BCUT2D eigenvalue weighted by Crippen LogP contribution is 2.05. The van der Waals surface area contributed by atoms with Gasteiger partial charge in [-0.15, -0.1) is 0 Å².